The minimum absolute atomic E-state index is 0.0174. The average molecular weight is 559 g/mol. The third-order valence-corrected chi connectivity index (χ3v) is 6.70. The van der Waals surface area contributed by atoms with Crippen molar-refractivity contribution in [2.24, 2.45) is 0 Å². The molecule has 3 rings (SSSR count). The van der Waals surface area contributed by atoms with Crippen molar-refractivity contribution in [3.05, 3.63) is 42.0 Å². The van der Waals surface area contributed by atoms with Gasteiger partial charge in [-0.1, -0.05) is 18.6 Å². The number of carbonyl (C=O) groups is 1. The van der Waals surface area contributed by atoms with Crippen LogP contribution in [-0.2, 0) is 11.3 Å². The van der Waals surface area contributed by atoms with E-state index in [-0.39, 0.29) is 5.91 Å². The number of benzene rings is 2. The van der Waals surface area contributed by atoms with E-state index in [4.69, 9.17) is 31.2 Å². The zero-order valence-corrected chi connectivity index (χ0v) is 24.2. The Morgan fingerprint density at radius 3 is 2.33 bits per heavy atom. The monoisotopic (exact) mass is 558 g/mol. The highest BCUT2D eigenvalue weighted by molar-refractivity contribution is 7.80. The van der Waals surface area contributed by atoms with Gasteiger partial charge in [0.15, 0.2) is 16.6 Å². The van der Waals surface area contributed by atoms with Gasteiger partial charge in [0.2, 0.25) is 11.7 Å². The molecule has 0 unspecified atom stereocenters. The van der Waals surface area contributed by atoms with Crippen LogP contribution in [0, 0.1) is 0 Å². The van der Waals surface area contributed by atoms with Gasteiger partial charge in [0.25, 0.3) is 0 Å². The van der Waals surface area contributed by atoms with Gasteiger partial charge in [0.1, 0.15) is 5.75 Å². The molecule has 1 saturated heterocycles. The first-order chi connectivity index (χ1) is 19.0. The lowest BCUT2D eigenvalue weighted by Gasteiger charge is -2.26. The molecular formula is C29H42N4O5S. The minimum Gasteiger partial charge on any atom is -0.494 e. The Morgan fingerprint density at radius 1 is 0.923 bits per heavy atom. The minimum atomic E-state index is 0.0174. The largest absolute Gasteiger partial charge is 0.494 e. The normalized spacial score (nSPS) is 13.3. The molecule has 1 heterocycles. The topological polar surface area (TPSA) is 93.3 Å². The number of ether oxygens (including phenoxy) is 4. The molecule has 3 N–H and O–H groups in total. The van der Waals surface area contributed by atoms with E-state index in [1.807, 2.05) is 6.07 Å². The van der Waals surface area contributed by atoms with Crippen LogP contribution in [0.4, 0.5) is 5.69 Å². The van der Waals surface area contributed by atoms with Crippen LogP contribution < -0.4 is 34.9 Å². The molecule has 2 aromatic rings. The molecule has 214 valence electrons. The van der Waals surface area contributed by atoms with E-state index in [0.29, 0.717) is 60.6 Å². The van der Waals surface area contributed by atoms with Gasteiger partial charge in [-0.15, -0.1) is 0 Å². The highest BCUT2D eigenvalue weighted by atomic mass is 32.1. The number of rotatable bonds is 15. The number of methoxy groups -OCH3 is 3. The highest BCUT2D eigenvalue weighted by Gasteiger charge is 2.14. The maximum Gasteiger partial charge on any atom is 0.220 e. The van der Waals surface area contributed by atoms with Crippen LogP contribution in [0.2, 0.25) is 0 Å². The standard InChI is InChI=1S/C29H42N4O5S/c1-35-25-19-23(20-26(36-2)28(25)37-3)32-29(39)31-13-8-12-27(34)30-14-9-17-38-24-11-7-10-22(18-24)21-33-15-5-4-6-16-33/h7,10-11,18-20H,4-6,8-9,12-17,21H2,1-3H3,(H,30,34)(H2,31,32,39). The number of anilines is 1. The molecule has 10 heteroatoms. The van der Waals surface area contributed by atoms with Crippen LogP contribution in [0.5, 0.6) is 23.0 Å². The lowest BCUT2D eigenvalue weighted by molar-refractivity contribution is -0.121. The molecule has 0 atom stereocenters. The van der Waals surface area contributed by atoms with E-state index in [1.165, 1.54) is 37.9 Å². The SMILES string of the molecule is COc1cc(NC(=S)NCCCC(=O)NCCCOc2cccc(CN3CCCCC3)c2)cc(OC)c1OC. The quantitative estimate of drug-likeness (QED) is 0.218. The van der Waals surface area contributed by atoms with Gasteiger partial charge in [-0.2, -0.15) is 0 Å². The Labute approximate surface area is 237 Å². The summed E-state index contributed by atoms with van der Waals surface area (Å²) >= 11 is 5.37. The van der Waals surface area contributed by atoms with Crippen molar-refractivity contribution in [3.8, 4) is 23.0 Å². The summed E-state index contributed by atoms with van der Waals surface area (Å²) in [4.78, 5) is 14.7. The van der Waals surface area contributed by atoms with Crippen LogP contribution in [0.25, 0.3) is 0 Å². The molecule has 0 aromatic heterocycles. The number of carbonyl (C=O) groups excluding carboxylic acids is 1. The van der Waals surface area contributed by atoms with Crippen molar-refractivity contribution >= 4 is 28.9 Å². The summed E-state index contributed by atoms with van der Waals surface area (Å²) in [5.74, 6) is 2.48. The van der Waals surface area contributed by atoms with E-state index in [1.54, 1.807) is 33.5 Å². The Bertz CT molecular complexity index is 1040. The maximum absolute atomic E-state index is 12.2. The first kappa shape index (κ1) is 30.3. The Morgan fingerprint density at radius 2 is 1.64 bits per heavy atom. The Balaban J connectivity index is 1.26. The molecule has 2 aromatic carbocycles. The summed E-state index contributed by atoms with van der Waals surface area (Å²) in [5, 5.41) is 9.63. The van der Waals surface area contributed by atoms with Gasteiger partial charge in [0, 0.05) is 43.9 Å². The summed E-state index contributed by atoms with van der Waals surface area (Å²) in [5.41, 5.74) is 1.99. The number of amides is 1. The summed E-state index contributed by atoms with van der Waals surface area (Å²) in [7, 11) is 4.68. The molecule has 0 bridgehead atoms. The lowest BCUT2D eigenvalue weighted by Crippen LogP contribution is -2.31. The second-order valence-electron chi connectivity index (χ2n) is 9.43. The van der Waals surface area contributed by atoms with Crippen molar-refractivity contribution in [1.82, 2.24) is 15.5 Å². The molecule has 0 spiro atoms. The summed E-state index contributed by atoms with van der Waals surface area (Å²) in [6.07, 6.45) is 5.75. The third-order valence-electron chi connectivity index (χ3n) is 6.45. The number of thiocarbonyl (C=S) groups is 1. The average Bonchev–Trinajstić information content (AvgIpc) is 2.95. The van der Waals surface area contributed by atoms with Crippen molar-refractivity contribution in [2.45, 2.75) is 45.1 Å². The molecule has 1 amide bonds. The van der Waals surface area contributed by atoms with Crippen LogP contribution in [0.3, 0.4) is 0 Å². The molecule has 1 aliphatic heterocycles. The first-order valence-electron chi connectivity index (χ1n) is 13.6. The zero-order valence-electron chi connectivity index (χ0n) is 23.3. The van der Waals surface area contributed by atoms with Gasteiger partial charge >= 0.3 is 0 Å². The van der Waals surface area contributed by atoms with Crippen LogP contribution >= 0.6 is 12.2 Å². The van der Waals surface area contributed by atoms with Gasteiger partial charge in [-0.3, -0.25) is 9.69 Å². The first-order valence-corrected chi connectivity index (χ1v) is 14.0. The Hall–Kier alpha value is -3.24. The van der Waals surface area contributed by atoms with E-state index in [2.05, 4.69) is 39.0 Å². The fourth-order valence-electron chi connectivity index (χ4n) is 4.47. The van der Waals surface area contributed by atoms with Gasteiger partial charge < -0.3 is 34.9 Å². The smallest absolute Gasteiger partial charge is 0.220 e. The predicted octanol–water partition coefficient (Wildman–Crippen LogP) is 4.35. The summed E-state index contributed by atoms with van der Waals surface area (Å²) in [6, 6.07) is 11.9. The maximum atomic E-state index is 12.2. The van der Waals surface area contributed by atoms with Gasteiger partial charge in [-0.05, 0) is 68.7 Å². The second-order valence-corrected chi connectivity index (χ2v) is 9.84. The van der Waals surface area contributed by atoms with E-state index < -0.39 is 0 Å². The molecule has 9 nitrogen and oxygen atoms in total. The number of hydrogen-bond acceptors (Lipinski definition) is 7. The number of likely N-dealkylation sites (tertiary alicyclic amines) is 1. The lowest BCUT2D eigenvalue weighted by atomic mass is 10.1. The highest BCUT2D eigenvalue weighted by Crippen LogP contribution is 2.39. The van der Waals surface area contributed by atoms with Crippen molar-refractivity contribution in [3.63, 3.8) is 0 Å². The van der Waals surface area contributed by atoms with Crippen molar-refractivity contribution in [2.75, 3.05) is 59.4 Å². The molecule has 1 fully saturated rings. The number of piperidine rings is 1. The van der Waals surface area contributed by atoms with Crippen LogP contribution in [0.15, 0.2) is 36.4 Å². The van der Waals surface area contributed by atoms with Crippen molar-refractivity contribution in [1.29, 1.82) is 0 Å². The molecule has 39 heavy (non-hydrogen) atoms. The van der Waals surface area contributed by atoms with Gasteiger partial charge in [-0.25, -0.2) is 0 Å². The van der Waals surface area contributed by atoms with E-state index in [0.717, 1.165) is 18.7 Å². The molecule has 1 aliphatic rings. The van der Waals surface area contributed by atoms with Crippen LogP contribution in [0.1, 0.15) is 44.1 Å². The fraction of sp³-hybridized carbons (Fsp3) is 0.517. The summed E-state index contributed by atoms with van der Waals surface area (Å²) < 4.78 is 22.0. The zero-order chi connectivity index (χ0) is 27.9. The second kappa shape index (κ2) is 16.7. The molecule has 0 radical (unpaired) electrons. The number of hydrogen-bond donors (Lipinski definition) is 3. The number of nitrogens with one attached hydrogen (secondary N) is 3. The van der Waals surface area contributed by atoms with E-state index >= 15 is 0 Å². The molecule has 0 saturated carbocycles. The predicted molar refractivity (Wildman–Crippen MR) is 158 cm³/mol. The van der Waals surface area contributed by atoms with Gasteiger partial charge in [0.05, 0.1) is 27.9 Å². The fourth-order valence-corrected chi connectivity index (χ4v) is 4.69. The Kier molecular flexibility index (Phi) is 12.9. The van der Waals surface area contributed by atoms with E-state index in [9.17, 15) is 4.79 Å². The molecule has 0 aliphatic carbocycles. The molecular weight excluding hydrogens is 516 g/mol. The van der Waals surface area contributed by atoms with Crippen LogP contribution in [-0.4, -0.2) is 70.0 Å². The van der Waals surface area contributed by atoms with Crippen molar-refractivity contribution < 1.29 is 23.7 Å². The number of nitrogens with zero attached hydrogens (tertiary/aromatic N) is 1. The summed E-state index contributed by atoms with van der Waals surface area (Å²) in [6.45, 7) is 5.06. The third kappa shape index (κ3) is 10.4.